The third-order valence-electron chi connectivity index (χ3n) is 2.25. The molecular weight excluding hydrogens is 210 g/mol. The molecule has 0 aliphatic carbocycles. The highest BCUT2D eigenvalue weighted by atomic mass is 32.2. The lowest BCUT2D eigenvalue weighted by molar-refractivity contribution is -0.119. The molecule has 1 atom stereocenters. The van der Waals surface area contributed by atoms with Gasteiger partial charge in [0.2, 0.25) is 5.91 Å². The standard InChI is InChI=1S/C10H19N3OS/c1-4-11-9(14)5-12-10-13-8(6-15-10)7(2)3/h7-8H,4-6H2,1-3H3,(H,11,14)(H,12,13). The van der Waals surface area contributed by atoms with Gasteiger partial charge in [-0.3, -0.25) is 9.79 Å². The maximum Gasteiger partial charge on any atom is 0.241 e. The van der Waals surface area contributed by atoms with Crippen LogP contribution in [0.5, 0.6) is 0 Å². The molecule has 1 aliphatic heterocycles. The van der Waals surface area contributed by atoms with E-state index in [4.69, 9.17) is 0 Å². The SMILES string of the molecule is CCNC(=O)CN=C1NC(C(C)C)CS1. The number of carbonyl (C=O) groups is 1. The number of nitrogens with one attached hydrogen (secondary N) is 2. The minimum Gasteiger partial charge on any atom is -0.361 e. The number of carbonyl (C=O) groups excluding carboxylic acids is 1. The maximum absolute atomic E-state index is 11.2. The van der Waals surface area contributed by atoms with Crippen LogP contribution in [-0.2, 0) is 4.79 Å². The average molecular weight is 229 g/mol. The molecule has 5 heteroatoms. The zero-order chi connectivity index (χ0) is 11.3. The summed E-state index contributed by atoms with van der Waals surface area (Å²) in [5, 5.41) is 6.94. The summed E-state index contributed by atoms with van der Waals surface area (Å²) >= 11 is 1.70. The zero-order valence-corrected chi connectivity index (χ0v) is 10.4. The van der Waals surface area contributed by atoms with Crippen LogP contribution < -0.4 is 10.6 Å². The summed E-state index contributed by atoms with van der Waals surface area (Å²) in [6, 6.07) is 0.489. The number of nitrogens with zero attached hydrogens (tertiary/aromatic N) is 1. The van der Waals surface area contributed by atoms with Gasteiger partial charge in [0, 0.05) is 18.3 Å². The number of hydrogen-bond acceptors (Lipinski definition) is 3. The van der Waals surface area contributed by atoms with Crippen molar-refractivity contribution in [3.8, 4) is 0 Å². The van der Waals surface area contributed by atoms with Crippen LogP contribution in [0.15, 0.2) is 4.99 Å². The van der Waals surface area contributed by atoms with E-state index in [2.05, 4.69) is 29.5 Å². The zero-order valence-electron chi connectivity index (χ0n) is 9.54. The van der Waals surface area contributed by atoms with Gasteiger partial charge in [0.05, 0.1) is 0 Å². The van der Waals surface area contributed by atoms with Crippen molar-refractivity contribution in [3.63, 3.8) is 0 Å². The Bertz CT molecular complexity index is 253. The van der Waals surface area contributed by atoms with E-state index in [0.717, 1.165) is 10.9 Å². The second-order valence-corrected chi connectivity index (χ2v) is 4.89. The van der Waals surface area contributed by atoms with Crippen molar-refractivity contribution in [1.29, 1.82) is 0 Å². The lowest BCUT2D eigenvalue weighted by Gasteiger charge is -2.12. The molecule has 15 heavy (non-hydrogen) atoms. The number of likely N-dealkylation sites (N-methyl/N-ethyl adjacent to an activating group) is 1. The second kappa shape index (κ2) is 6.00. The highest BCUT2D eigenvalue weighted by Crippen LogP contribution is 2.18. The highest BCUT2D eigenvalue weighted by Gasteiger charge is 2.22. The minimum atomic E-state index is -0.0135. The quantitative estimate of drug-likeness (QED) is 0.751. The third-order valence-corrected chi connectivity index (χ3v) is 3.30. The van der Waals surface area contributed by atoms with Gasteiger partial charge in [-0.2, -0.15) is 0 Å². The Morgan fingerprint density at radius 1 is 1.73 bits per heavy atom. The van der Waals surface area contributed by atoms with Crippen molar-refractivity contribution >= 4 is 22.8 Å². The maximum atomic E-state index is 11.2. The molecular formula is C10H19N3OS. The number of thioether (sulfide) groups is 1. The predicted octanol–water partition coefficient (Wildman–Crippen LogP) is 0.839. The highest BCUT2D eigenvalue weighted by molar-refractivity contribution is 8.14. The topological polar surface area (TPSA) is 53.5 Å². The van der Waals surface area contributed by atoms with E-state index in [-0.39, 0.29) is 12.5 Å². The van der Waals surface area contributed by atoms with Gasteiger partial charge in [-0.05, 0) is 12.8 Å². The van der Waals surface area contributed by atoms with E-state index in [9.17, 15) is 4.79 Å². The molecule has 1 amide bonds. The van der Waals surface area contributed by atoms with Crippen LogP contribution >= 0.6 is 11.8 Å². The Kier molecular flexibility index (Phi) is 4.94. The van der Waals surface area contributed by atoms with Crippen LogP contribution in [0.4, 0.5) is 0 Å². The van der Waals surface area contributed by atoms with E-state index in [1.54, 1.807) is 11.8 Å². The van der Waals surface area contributed by atoms with E-state index < -0.39 is 0 Å². The van der Waals surface area contributed by atoms with Crippen molar-refractivity contribution in [2.45, 2.75) is 26.8 Å². The Labute approximate surface area is 95.3 Å². The Morgan fingerprint density at radius 3 is 3.00 bits per heavy atom. The molecule has 0 aromatic carbocycles. The van der Waals surface area contributed by atoms with Crippen LogP contribution in [0.25, 0.3) is 0 Å². The van der Waals surface area contributed by atoms with Crippen molar-refractivity contribution in [2.24, 2.45) is 10.9 Å². The lowest BCUT2D eigenvalue weighted by atomic mass is 10.1. The van der Waals surface area contributed by atoms with Gasteiger partial charge in [-0.25, -0.2) is 0 Å². The first-order valence-corrected chi connectivity index (χ1v) is 6.32. The van der Waals surface area contributed by atoms with E-state index in [1.807, 2.05) is 6.92 Å². The van der Waals surface area contributed by atoms with Crippen molar-refractivity contribution < 1.29 is 4.79 Å². The first-order valence-electron chi connectivity index (χ1n) is 5.34. The number of amidine groups is 1. The van der Waals surface area contributed by atoms with Crippen LogP contribution in [0.3, 0.4) is 0 Å². The fourth-order valence-corrected chi connectivity index (χ4v) is 2.45. The first kappa shape index (κ1) is 12.4. The van der Waals surface area contributed by atoms with Crippen molar-refractivity contribution in [3.05, 3.63) is 0 Å². The van der Waals surface area contributed by atoms with Gasteiger partial charge in [-0.15, -0.1) is 0 Å². The Balaban J connectivity index is 2.33. The largest absolute Gasteiger partial charge is 0.361 e. The minimum absolute atomic E-state index is 0.0135. The molecule has 2 N–H and O–H groups in total. The summed E-state index contributed by atoms with van der Waals surface area (Å²) in [7, 11) is 0. The molecule has 0 aromatic rings. The van der Waals surface area contributed by atoms with Gasteiger partial charge < -0.3 is 10.6 Å². The van der Waals surface area contributed by atoms with Crippen LogP contribution in [0, 0.1) is 5.92 Å². The molecule has 0 radical (unpaired) electrons. The fourth-order valence-electron chi connectivity index (χ4n) is 1.26. The van der Waals surface area contributed by atoms with Gasteiger partial charge in [-0.1, -0.05) is 25.6 Å². The second-order valence-electron chi connectivity index (χ2n) is 3.88. The molecule has 1 aliphatic rings. The molecule has 86 valence electrons. The van der Waals surface area contributed by atoms with Crippen LogP contribution in [0.1, 0.15) is 20.8 Å². The van der Waals surface area contributed by atoms with E-state index in [1.165, 1.54) is 0 Å². The molecule has 0 aromatic heterocycles. The number of amides is 1. The Morgan fingerprint density at radius 2 is 2.47 bits per heavy atom. The van der Waals surface area contributed by atoms with Gasteiger partial charge >= 0.3 is 0 Å². The molecule has 1 rings (SSSR count). The number of aliphatic imine (C=N–C) groups is 1. The van der Waals surface area contributed by atoms with Gasteiger partial charge in [0.25, 0.3) is 0 Å². The summed E-state index contributed by atoms with van der Waals surface area (Å²) in [5.74, 6) is 1.64. The molecule has 1 unspecified atom stereocenters. The molecule has 0 spiro atoms. The van der Waals surface area contributed by atoms with Gasteiger partial charge in [0.15, 0.2) is 5.17 Å². The number of rotatable bonds is 4. The summed E-state index contributed by atoms with van der Waals surface area (Å²) in [4.78, 5) is 15.4. The normalized spacial score (nSPS) is 23.2. The predicted molar refractivity (Wildman–Crippen MR) is 65.2 cm³/mol. The molecule has 0 saturated carbocycles. The molecule has 1 heterocycles. The Hall–Kier alpha value is -0.710. The van der Waals surface area contributed by atoms with Crippen molar-refractivity contribution in [2.75, 3.05) is 18.8 Å². The molecule has 4 nitrogen and oxygen atoms in total. The monoisotopic (exact) mass is 229 g/mol. The van der Waals surface area contributed by atoms with Crippen LogP contribution in [-0.4, -0.2) is 36.0 Å². The van der Waals surface area contributed by atoms with Gasteiger partial charge in [0.1, 0.15) is 6.54 Å². The summed E-state index contributed by atoms with van der Waals surface area (Å²) in [6.07, 6.45) is 0. The smallest absolute Gasteiger partial charge is 0.241 e. The average Bonchev–Trinajstić information content (AvgIpc) is 2.63. The summed E-state index contributed by atoms with van der Waals surface area (Å²) < 4.78 is 0. The fraction of sp³-hybridized carbons (Fsp3) is 0.800. The molecule has 1 saturated heterocycles. The van der Waals surface area contributed by atoms with Crippen molar-refractivity contribution in [1.82, 2.24) is 10.6 Å². The van der Waals surface area contributed by atoms with Crippen LogP contribution in [0.2, 0.25) is 0 Å². The first-order chi connectivity index (χ1) is 7.13. The third kappa shape index (κ3) is 4.11. The number of hydrogen-bond donors (Lipinski definition) is 2. The molecule has 1 fully saturated rings. The lowest BCUT2D eigenvalue weighted by Crippen LogP contribution is -2.32. The van der Waals surface area contributed by atoms with E-state index >= 15 is 0 Å². The summed E-state index contributed by atoms with van der Waals surface area (Å²) in [5.41, 5.74) is 0. The molecule has 0 bridgehead atoms. The van der Waals surface area contributed by atoms with E-state index in [0.29, 0.717) is 18.5 Å². The summed E-state index contributed by atoms with van der Waals surface area (Å²) in [6.45, 7) is 7.17.